The highest BCUT2D eigenvalue weighted by Crippen LogP contribution is 2.34. The average Bonchev–Trinajstić information content (AvgIpc) is 2.99. The van der Waals surface area contributed by atoms with Crippen LogP contribution in [0.3, 0.4) is 0 Å². The number of imide groups is 1. The molecule has 0 aromatic heterocycles. The average molecular weight is 388 g/mol. The van der Waals surface area contributed by atoms with Crippen molar-refractivity contribution in [1.29, 1.82) is 0 Å². The first-order valence-corrected chi connectivity index (χ1v) is 9.49. The second kappa shape index (κ2) is 8.18. The second-order valence-corrected chi connectivity index (χ2v) is 7.05. The Hall–Kier alpha value is -3.61. The molecule has 146 valence electrons. The SMILES string of the molecule is O=C(CN1C(=O)[C@@H]2CC=CC[C@H]2C1=O)Nc1ccc(N=Nc2ccccc2)cc1. The summed E-state index contributed by atoms with van der Waals surface area (Å²) >= 11 is 0. The summed E-state index contributed by atoms with van der Waals surface area (Å²) in [5.41, 5.74) is 1.96. The number of rotatable bonds is 5. The van der Waals surface area contributed by atoms with E-state index in [2.05, 4.69) is 15.5 Å². The molecule has 1 heterocycles. The summed E-state index contributed by atoms with van der Waals surface area (Å²) in [5.74, 6) is -1.56. The van der Waals surface area contributed by atoms with Gasteiger partial charge in [0.1, 0.15) is 6.54 Å². The van der Waals surface area contributed by atoms with Crippen molar-refractivity contribution in [2.24, 2.45) is 22.1 Å². The molecule has 1 N–H and O–H groups in total. The van der Waals surface area contributed by atoms with E-state index in [1.807, 2.05) is 42.5 Å². The van der Waals surface area contributed by atoms with Gasteiger partial charge in [0.2, 0.25) is 17.7 Å². The quantitative estimate of drug-likeness (QED) is 0.477. The highest BCUT2D eigenvalue weighted by Gasteiger charge is 2.47. The molecule has 1 saturated heterocycles. The van der Waals surface area contributed by atoms with Gasteiger partial charge in [-0.2, -0.15) is 10.2 Å². The van der Waals surface area contributed by atoms with Gasteiger partial charge in [-0.15, -0.1) is 0 Å². The van der Waals surface area contributed by atoms with Crippen LogP contribution in [0.5, 0.6) is 0 Å². The molecule has 2 aromatic carbocycles. The Morgan fingerprint density at radius 3 is 2.00 bits per heavy atom. The molecule has 7 heteroatoms. The number of carbonyl (C=O) groups is 3. The molecule has 4 rings (SSSR count). The van der Waals surface area contributed by atoms with Gasteiger partial charge in [0.05, 0.1) is 23.2 Å². The van der Waals surface area contributed by atoms with Gasteiger partial charge in [0, 0.05) is 5.69 Å². The molecule has 29 heavy (non-hydrogen) atoms. The lowest BCUT2D eigenvalue weighted by Gasteiger charge is -2.14. The minimum atomic E-state index is -0.406. The minimum absolute atomic E-state index is 0.254. The van der Waals surface area contributed by atoms with Crippen molar-refractivity contribution in [1.82, 2.24) is 4.90 Å². The molecule has 7 nitrogen and oxygen atoms in total. The van der Waals surface area contributed by atoms with Crippen molar-refractivity contribution in [3.8, 4) is 0 Å². The number of likely N-dealkylation sites (tertiary alicyclic amines) is 1. The molecule has 2 atom stereocenters. The van der Waals surface area contributed by atoms with Gasteiger partial charge in [0.15, 0.2) is 0 Å². The molecule has 0 radical (unpaired) electrons. The smallest absolute Gasteiger partial charge is 0.244 e. The van der Waals surface area contributed by atoms with Crippen molar-refractivity contribution in [2.75, 3.05) is 11.9 Å². The number of carbonyl (C=O) groups excluding carboxylic acids is 3. The molecule has 0 unspecified atom stereocenters. The lowest BCUT2D eigenvalue weighted by molar-refractivity contribution is -0.142. The van der Waals surface area contributed by atoms with Crippen LogP contribution in [0.2, 0.25) is 0 Å². The van der Waals surface area contributed by atoms with E-state index in [4.69, 9.17) is 0 Å². The van der Waals surface area contributed by atoms with E-state index in [0.29, 0.717) is 24.2 Å². The molecule has 1 fully saturated rings. The fourth-order valence-corrected chi connectivity index (χ4v) is 3.59. The summed E-state index contributed by atoms with van der Waals surface area (Å²) in [6.07, 6.45) is 4.97. The van der Waals surface area contributed by atoms with Gasteiger partial charge in [-0.1, -0.05) is 30.4 Å². The number of anilines is 1. The first-order chi connectivity index (χ1) is 14.1. The van der Waals surface area contributed by atoms with E-state index < -0.39 is 5.91 Å². The minimum Gasteiger partial charge on any atom is -0.325 e. The summed E-state index contributed by atoms with van der Waals surface area (Å²) < 4.78 is 0. The number of fused-ring (bicyclic) bond motifs is 1. The molecule has 1 aliphatic heterocycles. The summed E-state index contributed by atoms with van der Waals surface area (Å²) in [4.78, 5) is 38.3. The Labute approximate surface area is 168 Å². The van der Waals surface area contributed by atoms with Gasteiger partial charge in [-0.3, -0.25) is 19.3 Å². The zero-order valence-corrected chi connectivity index (χ0v) is 15.7. The lowest BCUT2D eigenvalue weighted by atomic mass is 9.85. The zero-order valence-electron chi connectivity index (χ0n) is 15.7. The first kappa shape index (κ1) is 18.7. The summed E-state index contributed by atoms with van der Waals surface area (Å²) in [6, 6.07) is 16.2. The Balaban J connectivity index is 1.35. The number of hydrogen-bond donors (Lipinski definition) is 1. The van der Waals surface area contributed by atoms with Crippen molar-refractivity contribution in [3.05, 3.63) is 66.7 Å². The maximum Gasteiger partial charge on any atom is 0.244 e. The van der Waals surface area contributed by atoms with Crippen LogP contribution in [0.4, 0.5) is 17.1 Å². The third-order valence-corrected chi connectivity index (χ3v) is 5.09. The van der Waals surface area contributed by atoms with E-state index in [-0.39, 0.29) is 30.2 Å². The van der Waals surface area contributed by atoms with Gasteiger partial charge >= 0.3 is 0 Å². The standard InChI is InChI=1S/C22H20N4O3/c27-20(14-26-21(28)18-8-4-5-9-19(18)22(26)29)23-15-10-12-17(13-11-15)25-24-16-6-2-1-3-7-16/h1-7,10-13,18-19H,8-9,14H2,(H,23,27)/t18-,19-/m1/s1. The zero-order chi connectivity index (χ0) is 20.2. The maximum absolute atomic E-state index is 12.4. The maximum atomic E-state index is 12.4. The molecule has 2 aliphatic rings. The van der Waals surface area contributed by atoms with Gasteiger partial charge < -0.3 is 5.32 Å². The van der Waals surface area contributed by atoms with Crippen molar-refractivity contribution >= 4 is 34.8 Å². The number of allylic oxidation sites excluding steroid dienone is 2. The summed E-state index contributed by atoms with van der Waals surface area (Å²) in [7, 11) is 0. The number of azo groups is 1. The van der Waals surface area contributed by atoms with E-state index >= 15 is 0 Å². The van der Waals surface area contributed by atoms with E-state index in [9.17, 15) is 14.4 Å². The van der Waals surface area contributed by atoms with Crippen LogP contribution in [0.25, 0.3) is 0 Å². The number of hydrogen-bond acceptors (Lipinski definition) is 5. The molecule has 0 spiro atoms. The molecule has 0 saturated carbocycles. The Kier molecular flexibility index (Phi) is 5.29. The summed E-state index contributed by atoms with van der Waals surface area (Å²) in [5, 5.41) is 11.0. The molecule has 0 bridgehead atoms. The van der Waals surface area contributed by atoms with Crippen LogP contribution in [0.15, 0.2) is 77.0 Å². The van der Waals surface area contributed by atoms with Gasteiger partial charge in [-0.05, 0) is 49.2 Å². The van der Waals surface area contributed by atoms with E-state index in [0.717, 1.165) is 10.6 Å². The predicted molar refractivity (Wildman–Crippen MR) is 108 cm³/mol. The van der Waals surface area contributed by atoms with Crippen molar-refractivity contribution in [2.45, 2.75) is 12.8 Å². The van der Waals surface area contributed by atoms with E-state index in [1.54, 1.807) is 24.3 Å². The largest absolute Gasteiger partial charge is 0.325 e. The van der Waals surface area contributed by atoms with Crippen LogP contribution in [0.1, 0.15) is 12.8 Å². The molecular weight excluding hydrogens is 368 g/mol. The number of benzene rings is 2. The Morgan fingerprint density at radius 2 is 1.41 bits per heavy atom. The van der Waals surface area contributed by atoms with Crippen molar-refractivity contribution < 1.29 is 14.4 Å². The molecule has 2 aromatic rings. The Bertz CT molecular complexity index is 957. The van der Waals surface area contributed by atoms with Gasteiger partial charge in [-0.25, -0.2) is 0 Å². The third kappa shape index (κ3) is 4.13. The highest BCUT2D eigenvalue weighted by atomic mass is 16.2. The first-order valence-electron chi connectivity index (χ1n) is 9.49. The van der Waals surface area contributed by atoms with Crippen LogP contribution in [-0.2, 0) is 14.4 Å². The van der Waals surface area contributed by atoms with Crippen molar-refractivity contribution in [3.63, 3.8) is 0 Å². The van der Waals surface area contributed by atoms with Crippen LogP contribution >= 0.6 is 0 Å². The van der Waals surface area contributed by atoms with Crippen LogP contribution in [0, 0.1) is 11.8 Å². The van der Waals surface area contributed by atoms with Crippen LogP contribution < -0.4 is 5.32 Å². The normalized spacial score (nSPS) is 20.9. The summed E-state index contributed by atoms with van der Waals surface area (Å²) in [6.45, 7) is -0.264. The molecule has 3 amide bonds. The monoisotopic (exact) mass is 388 g/mol. The second-order valence-electron chi connectivity index (χ2n) is 7.05. The molecule has 1 aliphatic carbocycles. The Morgan fingerprint density at radius 1 is 0.862 bits per heavy atom. The number of nitrogens with zero attached hydrogens (tertiary/aromatic N) is 3. The highest BCUT2D eigenvalue weighted by molar-refractivity contribution is 6.08. The lowest BCUT2D eigenvalue weighted by Crippen LogP contribution is -2.38. The third-order valence-electron chi connectivity index (χ3n) is 5.09. The number of nitrogens with one attached hydrogen (secondary N) is 1. The predicted octanol–water partition coefficient (Wildman–Crippen LogP) is 3.99. The topological polar surface area (TPSA) is 91.2 Å². The van der Waals surface area contributed by atoms with Crippen LogP contribution in [-0.4, -0.2) is 29.2 Å². The number of amides is 3. The molecular formula is C22H20N4O3. The van der Waals surface area contributed by atoms with Gasteiger partial charge in [0.25, 0.3) is 0 Å². The fourth-order valence-electron chi connectivity index (χ4n) is 3.59. The van der Waals surface area contributed by atoms with E-state index in [1.165, 1.54) is 0 Å². The fraction of sp³-hybridized carbons (Fsp3) is 0.227.